The summed E-state index contributed by atoms with van der Waals surface area (Å²) in [5.41, 5.74) is -1.32. The molecule has 4 bridgehead atoms. The van der Waals surface area contributed by atoms with Gasteiger partial charge in [0.1, 0.15) is 46.5 Å². The number of anilines is 1. The van der Waals surface area contributed by atoms with Crippen molar-refractivity contribution in [3.63, 3.8) is 0 Å². The number of aliphatic hydroxyl groups is 1. The third-order valence-corrected chi connectivity index (χ3v) is 20.5. The molecule has 0 radical (unpaired) electrons. The van der Waals surface area contributed by atoms with Gasteiger partial charge in [0.25, 0.3) is 5.91 Å². The number of likely N-dealkylation sites (tertiary alicyclic amines) is 2. The number of alkyl carbamates (subject to hydrolysis) is 1. The first kappa shape index (κ1) is 79.9. The molecule has 29 nitrogen and oxygen atoms in total. The molecule has 0 saturated carbocycles. The highest BCUT2D eigenvalue weighted by Gasteiger charge is 2.64. The Labute approximate surface area is 586 Å². The molecule has 33 heteroatoms. The number of benzene rings is 1. The number of esters is 1. The largest absolute Gasteiger partial charge is 0.495 e. The number of ketones is 1. The van der Waals surface area contributed by atoms with Crippen molar-refractivity contribution < 1.29 is 106 Å². The lowest BCUT2D eigenvalue weighted by Crippen LogP contribution is -2.63. The van der Waals surface area contributed by atoms with E-state index in [1.807, 2.05) is 13.0 Å². The number of carboxylic acids is 2. The molecule has 98 heavy (non-hydrogen) atoms. The Morgan fingerprint density at radius 3 is 2.24 bits per heavy atom. The molecule has 6 N–H and O–H groups in total. The summed E-state index contributed by atoms with van der Waals surface area (Å²) in [5, 5.41) is 37.7. The SMILES string of the molecule is COc1cc2cc(c1Cl)N(C)C(=O)C[C@H](OC(=O)[C@H](C)N(C)C(=O)CCSC1CC(=O)N(CCOCCOCCCC(=O)CCC(=O)N3C[C@H](NC(=O)/C=C(/SC)C(=O)O)C[C@H](NC(=O)/C(=C\C(=O)O)SC)C3)C1=O)[C@@]1(C)O[C@H]1[C@H](C)[C@@H]1C[C@@](O)(NC(=O)O1)[C@H](OC)/C=C/C=C(\C)C2. The molecular formula is C65H88ClN7O22S3. The van der Waals surface area contributed by atoms with Crippen LogP contribution in [0.25, 0.3) is 0 Å². The first-order valence-electron chi connectivity index (χ1n) is 31.7. The topological polar surface area (TPSA) is 382 Å². The zero-order valence-electron chi connectivity index (χ0n) is 56.5. The van der Waals surface area contributed by atoms with Crippen LogP contribution >= 0.6 is 46.9 Å². The zero-order chi connectivity index (χ0) is 72.3. The number of allylic oxidation sites excluding steroid dienone is 3. The van der Waals surface area contributed by atoms with Crippen LogP contribution in [-0.2, 0) is 87.6 Å². The number of rotatable bonds is 30. The monoisotopic (exact) mass is 1450 g/mol. The van der Waals surface area contributed by atoms with E-state index < -0.39 is 137 Å². The lowest BCUT2D eigenvalue weighted by atomic mass is 9.83. The maximum absolute atomic E-state index is 14.4. The summed E-state index contributed by atoms with van der Waals surface area (Å²) in [6, 6.07) is 0.844. The highest BCUT2D eigenvalue weighted by molar-refractivity contribution is 8.03. The number of carbonyl (C=O) groups excluding carboxylic acids is 10. The number of halogens is 1. The maximum Gasteiger partial charge on any atom is 0.409 e. The van der Waals surface area contributed by atoms with E-state index in [-0.39, 0.29) is 117 Å². The number of nitrogens with zero attached hydrogens (tertiary/aromatic N) is 4. The first-order valence-corrected chi connectivity index (χ1v) is 35.6. The lowest BCUT2D eigenvalue weighted by molar-refractivity contribution is -0.162. The summed E-state index contributed by atoms with van der Waals surface area (Å²) in [7, 11) is 5.79. The minimum absolute atomic E-state index is 0.00132. The molecule has 0 aromatic heterocycles. The average molecular weight is 1450 g/mol. The van der Waals surface area contributed by atoms with Gasteiger partial charge < -0.3 is 73.8 Å². The number of imide groups is 1. The van der Waals surface area contributed by atoms with E-state index in [0.717, 1.165) is 63.5 Å². The van der Waals surface area contributed by atoms with Crippen LogP contribution < -0.4 is 25.6 Å². The maximum atomic E-state index is 14.4. The Bertz CT molecular complexity index is 3300. The van der Waals surface area contributed by atoms with E-state index in [9.17, 15) is 72.9 Å². The van der Waals surface area contributed by atoms with Crippen molar-refractivity contribution in [2.75, 3.05) is 97.5 Å². The van der Waals surface area contributed by atoms with Gasteiger partial charge in [0.15, 0.2) is 5.72 Å². The van der Waals surface area contributed by atoms with Crippen LogP contribution in [0.5, 0.6) is 5.75 Å². The van der Waals surface area contributed by atoms with Crippen LogP contribution in [0.4, 0.5) is 10.5 Å². The van der Waals surface area contributed by atoms with Gasteiger partial charge in [-0.05, 0) is 70.2 Å². The number of methoxy groups -OCH3 is 2. The van der Waals surface area contributed by atoms with Crippen LogP contribution in [0.2, 0.25) is 5.02 Å². The van der Waals surface area contributed by atoms with E-state index in [0.29, 0.717) is 24.3 Å². The van der Waals surface area contributed by atoms with E-state index in [1.165, 1.54) is 62.4 Å². The number of aliphatic carboxylic acids is 2. The summed E-state index contributed by atoms with van der Waals surface area (Å²) in [4.78, 5) is 161. The number of ether oxygens (including phenoxy) is 7. The molecule has 4 fully saturated rings. The highest BCUT2D eigenvalue weighted by atomic mass is 35.5. The fraction of sp³-hybridized carbons (Fsp3) is 0.600. The molecule has 1 unspecified atom stereocenters. The molecule has 1 aromatic carbocycles. The highest BCUT2D eigenvalue weighted by Crippen LogP contribution is 2.49. The number of likely N-dealkylation sites (N-methyl/N-ethyl adjacent to an activating group) is 1. The number of piperidine rings is 1. The van der Waals surface area contributed by atoms with Crippen LogP contribution in [0.1, 0.15) is 91.0 Å². The number of nitrogens with one attached hydrogen (secondary N) is 3. The number of fused-ring (bicyclic) bond motifs is 5. The van der Waals surface area contributed by atoms with E-state index in [4.69, 9.17) is 44.8 Å². The lowest BCUT2D eigenvalue weighted by Gasteiger charge is -2.42. The van der Waals surface area contributed by atoms with E-state index in [2.05, 4.69) is 16.0 Å². The number of carboxylic acid groups (broad SMARTS) is 2. The van der Waals surface area contributed by atoms with Gasteiger partial charge in [0, 0.05) is 115 Å². The van der Waals surface area contributed by atoms with Crippen molar-refractivity contribution in [2.45, 2.75) is 151 Å². The summed E-state index contributed by atoms with van der Waals surface area (Å²) in [6.07, 6.45) is 4.81. The molecule has 11 atom stereocenters. The second-order valence-electron chi connectivity index (χ2n) is 24.4. The third-order valence-electron chi connectivity index (χ3n) is 17.4. The molecule has 0 aliphatic carbocycles. The van der Waals surface area contributed by atoms with Gasteiger partial charge in [-0.25, -0.2) is 19.2 Å². The third kappa shape index (κ3) is 22.0. The Hall–Kier alpha value is -7.04. The van der Waals surface area contributed by atoms with Gasteiger partial charge in [-0.3, -0.25) is 48.6 Å². The van der Waals surface area contributed by atoms with Crippen LogP contribution in [0.15, 0.2) is 57.9 Å². The molecule has 5 heterocycles. The molecular weight excluding hydrogens is 1360 g/mol. The van der Waals surface area contributed by atoms with Crippen LogP contribution in [-0.4, -0.2) is 253 Å². The average Bonchev–Trinajstić information content (AvgIpc) is 1.57. The summed E-state index contributed by atoms with van der Waals surface area (Å²) >= 11 is 9.71. The van der Waals surface area contributed by atoms with Crippen molar-refractivity contribution in [3.8, 4) is 5.75 Å². The van der Waals surface area contributed by atoms with E-state index in [1.54, 1.807) is 38.1 Å². The minimum Gasteiger partial charge on any atom is -0.495 e. The van der Waals surface area contributed by atoms with Gasteiger partial charge in [0.2, 0.25) is 35.4 Å². The van der Waals surface area contributed by atoms with Gasteiger partial charge in [-0.15, -0.1) is 35.3 Å². The predicted octanol–water partition coefficient (Wildman–Crippen LogP) is 3.79. The summed E-state index contributed by atoms with van der Waals surface area (Å²) < 4.78 is 40.7. The predicted molar refractivity (Wildman–Crippen MR) is 362 cm³/mol. The standard InChI is InChI=1S/C65H88ClN7O22S3/c1-36-13-11-15-49(90-8)65(88)33-45(93-63(87)69-65)37(2)58-64(4,95-58)50(32-54(78)71(6)43-26-39(25-36)27-44(89-7)57(43)66)94-62(86)38(3)70(5)52(76)18-24-98-47-30-55(79)73(60(47)83)19-21-92-23-22-91-20-12-14-42(74)16-17-53(77)72-34-40(67-51(75)29-48(97-10)61(84)85)28-41(35-72)68-59(82)46(96-9)31-56(80)81/h11,13,15,26-27,29,31,37-38,40-41,45,47,49-50,58,88H,12,14,16-25,28,30,32-35H2,1-10H3,(H,67,75)(H,68,82)(H,69,87)(H,80,81)(H,84,85)/b15-11+,36-13+,46-31+,48-29+/t37-,38+,40-,41+,45+,47?,49-,50+,58+,64-,65+/m1/s1. The van der Waals surface area contributed by atoms with Gasteiger partial charge >= 0.3 is 24.0 Å². The fourth-order valence-corrected chi connectivity index (χ4v) is 14.0. The molecule has 4 saturated heterocycles. The number of thioether (sulfide) groups is 3. The van der Waals surface area contributed by atoms with Gasteiger partial charge in [0.05, 0.1) is 66.7 Å². The number of hydrogen-bond donors (Lipinski definition) is 6. The van der Waals surface area contributed by atoms with Crippen molar-refractivity contribution in [2.24, 2.45) is 5.92 Å². The Balaban J connectivity index is 0.934. The number of amides is 8. The fourth-order valence-electron chi connectivity index (χ4n) is 11.7. The van der Waals surface area contributed by atoms with E-state index >= 15 is 0 Å². The molecule has 5 aliphatic rings. The number of carbonyl (C=O) groups is 12. The summed E-state index contributed by atoms with van der Waals surface area (Å²) in [5.74, 6) is -7.65. The second-order valence-corrected chi connectivity index (χ2v) is 27.8. The van der Waals surface area contributed by atoms with Gasteiger partial charge in [-0.1, -0.05) is 42.3 Å². The van der Waals surface area contributed by atoms with Crippen LogP contribution in [0, 0.1) is 5.92 Å². The molecule has 5 aliphatic heterocycles. The van der Waals surface area contributed by atoms with Crippen LogP contribution in [0.3, 0.4) is 0 Å². The number of epoxide rings is 1. The molecule has 6 rings (SSSR count). The van der Waals surface area contributed by atoms with Crippen molar-refractivity contribution in [3.05, 3.63) is 68.5 Å². The number of hydrogen-bond acceptors (Lipinski definition) is 23. The molecule has 540 valence electrons. The molecule has 0 spiro atoms. The molecule has 1 aromatic rings. The smallest absolute Gasteiger partial charge is 0.409 e. The Morgan fingerprint density at radius 2 is 1.59 bits per heavy atom. The van der Waals surface area contributed by atoms with Crippen molar-refractivity contribution in [1.29, 1.82) is 0 Å². The number of Topliss-reactive ketones (excluding diaryl/α,β-unsaturated/α-hetero) is 1. The first-order chi connectivity index (χ1) is 46.4. The van der Waals surface area contributed by atoms with Crippen molar-refractivity contribution in [1.82, 2.24) is 30.7 Å². The Kier molecular flexibility index (Phi) is 30.1. The Morgan fingerprint density at radius 1 is 0.908 bits per heavy atom. The minimum atomic E-state index is -1.91. The van der Waals surface area contributed by atoms with Crippen molar-refractivity contribution >= 4 is 124 Å². The normalized spacial score (nSPS) is 26.5. The second kappa shape index (κ2) is 36.9. The molecule has 8 amide bonds. The quantitative estimate of drug-likeness (QED) is 0.0210. The van der Waals surface area contributed by atoms with Gasteiger partial charge in [-0.2, -0.15) is 0 Å². The zero-order valence-corrected chi connectivity index (χ0v) is 59.7. The summed E-state index contributed by atoms with van der Waals surface area (Å²) in [6.45, 7) is 7.17.